The Morgan fingerprint density at radius 2 is 2.62 bits per heavy atom. The van der Waals surface area contributed by atoms with Gasteiger partial charge in [-0.1, -0.05) is 0 Å². The van der Waals surface area contributed by atoms with Gasteiger partial charge in [0.15, 0.2) is 0 Å². The summed E-state index contributed by atoms with van der Waals surface area (Å²) in [4.78, 5) is 3.80. The lowest BCUT2D eigenvalue weighted by molar-refractivity contribution is 0.281. The molecule has 8 heavy (non-hydrogen) atoms. The number of nitrogens with zero attached hydrogens (tertiary/aromatic N) is 1. The number of aliphatic imine (C=N–C) groups is 1. The third kappa shape index (κ3) is 1.07. The summed E-state index contributed by atoms with van der Waals surface area (Å²) in [6.45, 7) is 0.105. The van der Waals surface area contributed by atoms with Crippen LogP contribution in [0.15, 0.2) is 17.4 Å². The smallest absolute Gasteiger partial charge is 0.0843 e. The fourth-order valence-electron chi connectivity index (χ4n) is 0.506. The van der Waals surface area contributed by atoms with Gasteiger partial charge in [-0.15, -0.1) is 0 Å². The SMILES string of the molecule is OCC1C=NC=CN1. The summed E-state index contributed by atoms with van der Waals surface area (Å²) in [7, 11) is 0. The third-order valence-corrected chi connectivity index (χ3v) is 0.934. The van der Waals surface area contributed by atoms with Crippen molar-refractivity contribution in [1.29, 1.82) is 0 Å². The maximum atomic E-state index is 8.50. The Morgan fingerprint density at radius 1 is 1.75 bits per heavy atom. The molecular formula is C5H8N2O. The Morgan fingerprint density at radius 3 is 3.00 bits per heavy atom. The first kappa shape index (κ1) is 5.31. The molecule has 0 aromatic rings. The first-order valence-electron chi connectivity index (χ1n) is 2.48. The molecular weight excluding hydrogens is 104 g/mol. The molecule has 44 valence electrons. The molecule has 1 heterocycles. The third-order valence-electron chi connectivity index (χ3n) is 0.934. The monoisotopic (exact) mass is 112 g/mol. The van der Waals surface area contributed by atoms with E-state index in [1.165, 1.54) is 0 Å². The Balaban J connectivity index is 2.40. The van der Waals surface area contributed by atoms with Crippen LogP contribution >= 0.6 is 0 Å². The first-order chi connectivity index (χ1) is 3.93. The van der Waals surface area contributed by atoms with Gasteiger partial charge in [0, 0.05) is 18.6 Å². The van der Waals surface area contributed by atoms with E-state index >= 15 is 0 Å². The molecule has 1 rings (SSSR count). The highest BCUT2D eigenvalue weighted by Gasteiger charge is 1.99. The lowest BCUT2D eigenvalue weighted by Crippen LogP contribution is -2.30. The molecule has 0 bridgehead atoms. The maximum absolute atomic E-state index is 8.50. The zero-order valence-corrected chi connectivity index (χ0v) is 4.41. The molecule has 0 saturated heterocycles. The van der Waals surface area contributed by atoms with Crippen molar-refractivity contribution < 1.29 is 5.11 Å². The fraction of sp³-hybridized carbons (Fsp3) is 0.400. The van der Waals surface area contributed by atoms with E-state index in [0.717, 1.165) is 0 Å². The molecule has 3 nitrogen and oxygen atoms in total. The second-order valence-corrected chi connectivity index (χ2v) is 1.57. The van der Waals surface area contributed by atoms with Crippen LogP contribution in [0.4, 0.5) is 0 Å². The van der Waals surface area contributed by atoms with Gasteiger partial charge < -0.3 is 10.4 Å². The van der Waals surface area contributed by atoms with Gasteiger partial charge in [-0.25, -0.2) is 0 Å². The van der Waals surface area contributed by atoms with Gasteiger partial charge >= 0.3 is 0 Å². The first-order valence-corrected chi connectivity index (χ1v) is 2.48. The van der Waals surface area contributed by atoms with Gasteiger partial charge in [-0.2, -0.15) is 0 Å². The van der Waals surface area contributed by atoms with Crippen LogP contribution in [0.1, 0.15) is 0 Å². The fourth-order valence-corrected chi connectivity index (χ4v) is 0.506. The number of aliphatic hydroxyl groups is 1. The van der Waals surface area contributed by atoms with E-state index in [1.54, 1.807) is 18.6 Å². The van der Waals surface area contributed by atoms with Gasteiger partial charge in [0.2, 0.25) is 0 Å². The molecule has 3 heteroatoms. The van der Waals surface area contributed by atoms with E-state index in [0.29, 0.717) is 0 Å². The summed E-state index contributed by atoms with van der Waals surface area (Å²) < 4.78 is 0. The summed E-state index contributed by atoms with van der Waals surface area (Å²) in [5, 5.41) is 11.4. The minimum Gasteiger partial charge on any atom is -0.394 e. The molecule has 0 aliphatic carbocycles. The lowest BCUT2D eigenvalue weighted by Gasteiger charge is -2.09. The van der Waals surface area contributed by atoms with Gasteiger partial charge in [0.1, 0.15) is 0 Å². The van der Waals surface area contributed by atoms with Gasteiger partial charge in [-0.05, 0) is 0 Å². The van der Waals surface area contributed by atoms with Crippen molar-refractivity contribution in [3.8, 4) is 0 Å². The average Bonchev–Trinajstić information content (AvgIpc) is 1.90. The molecule has 1 atom stereocenters. The normalized spacial score (nSPS) is 25.4. The Labute approximate surface area is 47.7 Å². The van der Waals surface area contributed by atoms with Crippen LogP contribution < -0.4 is 5.32 Å². The predicted molar refractivity (Wildman–Crippen MR) is 31.6 cm³/mol. The second-order valence-electron chi connectivity index (χ2n) is 1.57. The molecule has 1 aliphatic rings. The summed E-state index contributed by atoms with van der Waals surface area (Å²) in [6, 6.07) is 0.0139. The van der Waals surface area contributed by atoms with Crippen molar-refractivity contribution in [1.82, 2.24) is 5.32 Å². The Hall–Kier alpha value is -0.830. The van der Waals surface area contributed by atoms with Crippen molar-refractivity contribution in [2.75, 3.05) is 6.61 Å². The molecule has 0 fully saturated rings. The summed E-state index contributed by atoms with van der Waals surface area (Å²) in [6.07, 6.45) is 5.02. The van der Waals surface area contributed by atoms with Gasteiger partial charge in [0.05, 0.1) is 12.6 Å². The van der Waals surface area contributed by atoms with Crippen LogP contribution in [-0.2, 0) is 0 Å². The van der Waals surface area contributed by atoms with Crippen LogP contribution in [0.2, 0.25) is 0 Å². The number of rotatable bonds is 1. The van der Waals surface area contributed by atoms with Crippen molar-refractivity contribution in [3.63, 3.8) is 0 Å². The summed E-state index contributed by atoms with van der Waals surface area (Å²) in [5.41, 5.74) is 0. The van der Waals surface area contributed by atoms with E-state index in [-0.39, 0.29) is 12.6 Å². The average molecular weight is 112 g/mol. The van der Waals surface area contributed by atoms with Gasteiger partial charge in [-0.3, -0.25) is 4.99 Å². The van der Waals surface area contributed by atoms with E-state index < -0.39 is 0 Å². The number of hydrogen-bond donors (Lipinski definition) is 2. The van der Waals surface area contributed by atoms with Crippen molar-refractivity contribution in [3.05, 3.63) is 12.4 Å². The molecule has 0 aromatic carbocycles. The van der Waals surface area contributed by atoms with Crippen molar-refractivity contribution in [2.24, 2.45) is 4.99 Å². The van der Waals surface area contributed by atoms with Crippen LogP contribution in [0.3, 0.4) is 0 Å². The molecule has 0 amide bonds. The molecule has 0 saturated carbocycles. The van der Waals surface area contributed by atoms with E-state index in [2.05, 4.69) is 10.3 Å². The summed E-state index contributed by atoms with van der Waals surface area (Å²) in [5.74, 6) is 0. The van der Waals surface area contributed by atoms with E-state index in [9.17, 15) is 0 Å². The van der Waals surface area contributed by atoms with Crippen molar-refractivity contribution in [2.45, 2.75) is 6.04 Å². The highest BCUT2D eigenvalue weighted by Crippen LogP contribution is 1.84. The molecule has 0 aromatic heterocycles. The van der Waals surface area contributed by atoms with E-state index in [4.69, 9.17) is 5.11 Å². The van der Waals surface area contributed by atoms with Gasteiger partial charge in [0.25, 0.3) is 0 Å². The zero-order valence-electron chi connectivity index (χ0n) is 4.41. The minimum absolute atomic E-state index is 0.0139. The van der Waals surface area contributed by atoms with Crippen LogP contribution in [-0.4, -0.2) is 24.0 Å². The lowest BCUT2D eigenvalue weighted by atomic mass is 10.3. The van der Waals surface area contributed by atoms with E-state index in [1.807, 2.05) is 0 Å². The number of aliphatic hydroxyl groups excluding tert-OH is 1. The molecule has 1 unspecified atom stereocenters. The highest BCUT2D eigenvalue weighted by atomic mass is 16.3. The maximum Gasteiger partial charge on any atom is 0.0843 e. The molecule has 0 spiro atoms. The molecule has 0 radical (unpaired) electrons. The largest absolute Gasteiger partial charge is 0.394 e. The molecule has 2 N–H and O–H groups in total. The van der Waals surface area contributed by atoms with Crippen LogP contribution in [0, 0.1) is 0 Å². The second kappa shape index (κ2) is 2.47. The van der Waals surface area contributed by atoms with Crippen LogP contribution in [0.25, 0.3) is 0 Å². The number of hydrogen-bond acceptors (Lipinski definition) is 3. The minimum atomic E-state index is 0.0139. The quantitative estimate of drug-likeness (QED) is 0.480. The summed E-state index contributed by atoms with van der Waals surface area (Å²) >= 11 is 0. The highest BCUT2D eigenvalue weighted by molar-refractivity contribution is 5.66. The Bertz CT molecular complexity index is 120. The Kier molecular flexibility index (Phi) is 1.64. The number of nitrogens with one attached hydrogen (secondary N) is 1. The molecule has 1 aliphatic heterocycles. The van der Waals surface area contributed by atoms with Crippen molar-refractivity contribution >= 4 is 6.21 Å². The van der Waals surface area contributed by atoms with Crippen LogP contribution in [0.5, 0.6) is 0 Å². The predicted octanol–water partition coefficient (Wildman–Crippen LogP) is -0.508. The topological polar surface area (TPSA) is 44.6 Å². The standard InChI is InChI=1S/C5H8N2O/c8-4-5-3-6-1-2-7-5/h1-3,5,7-8H,4H2. The zero-order chi connectivity index (χ0) is 5.82.